The Balaban J connectivity index is 1.83. The maximum Gasteiger partial charge on any atom is 0.341 e. The summed E-state index contributed by atoms with van der Waals surface area (Å²) < 4.78 is 10.7. The number of nitrogens with one attached hydrogen (secondary N) is 2. The van der Waals surface area contributed by atoms with Crippen LogP contribution in [0.1, 0.15) is 50.6 Å². The van der Waals surface area contributed by atoms with E-state index in [2.05, 4.69) is 10.6 Å². The summed E-state index contributed by atoms with van der Waals surface area (Å²) in [6.45, 7) is 11.5. The molecule has 2 N–H and O–H groups in total. The summed E-state index contributed by atoms with van der Waals surface area (Å²) in [4.78, 5) is 40.8. The highest BCUT2D eigenvalue weighted by atomic mass is 32.1. The van der Waals surface area contributed by atoms with Gasteiger partial charge in [-0.15, -0.1) is 11.3 Å². The SMILES string of the molecule is CCOC(=O)c1c(NC(=O)CN2CCO[C@H](C)C2)sc(C(=O)Nc2ccc(C)cc2C)c1C. The highest BCUT2D eigenvalue weighted by Crippen LogP contribution is 2.34. The molecule has 8 nitrogen and oxygen atoms in total. The molecule has 1 aromatic carbocycles. The number of carbonyl (C=O) groups excluding carboxylic acids is 3. The standard InChI is InChI=1S/C24H31N3O5S/c1-6-31-24(30)20-17(5)21(22(29)25-18-8-7-14(2)11-15(18)3)33-23(20)26-19(28)13-27-9-10-32-16(4)12-27/h7-8,11,16H,6,9-10,12-13H2,1-5H3,(H,25,29)(H,26,28)/t16-/m1/s1. The summed E-state index contributed by atoms with van der Waals surface area (Å²) >= 11 is 1.08. The van der Waals surface area contributed by atoms with E-state index in [0.29, 0.717) is 40.8 Å². The zero-order valence-corrected chi connectivity index (χ0v) is 20.6. The molecule has 1 saturated heterocycles. The molecular formula is C24H31N3O5S. The lowest BCUT2D eigenvalue weighted by Gasteiger charge is -2.30. The van der Waals surface area contributed by atoms with Gasteiger partial charge in [-0.25, -0.2) is 4.79 Å². The molecule has 2 aromatic rings. The normalized spacial score (nSPS) is 16.3. The van der Waals surface area contributed by atoms with Crippen molar-refractivity contribution < 1.29 is 23.9 Å². The molecule has 178 valence electrons. The number of rotatable bonds is 7. The summed E-state index contributed by atoms with van der Waals surface area (Å²) in [5, 5.41) is 6.06. The largest absolute Gasteiger partial charge is 0.462 e. The molecular weight excluding hydrogens is 442 g/mol. The van der Waals surface area contributed by atoms with Gasteiger partial charge in [0.05, 0.1) is 36.3 Å². The van der Waals surface area contributed by atoms with E-state index in [1.54, 1.807) is 13.8 Å². The molecule has 2 heterocycles. The van der Waals surface area contributed by atoms with Crippen LogP contribution in [0, 0.1) is 20.8 Å². The minimum Gasteiger partial charge on any atom is -0.462 e. The molecule has 0 saturated carbocycles. The third-order valence-corrected chi connectivity index (χ3v) is 6.61. The zero-order valence-electron chi connectivity index (χ0n) is 19.7. The van der Waals surface area contributed by atoms with Crippen molar-refractivity contribution in [2.24, 2.45) is 0 Å². The van der Waals surface area contributed by atoms with Crippen LogP contribution in [0.15, 0.2) is 18.2 Å². The summed E-state index contributed by atoms with van der Waals surface area (Å²) in [6.07, 6.45) is 0.0613. The van der Waals surface area contributed by atoms with Gasteiger partial charge in [0.2, 0.25) is 5.91 Å². The third-order valence-electron chi connectivity index (χ3n) is 5.41. The second-order valence-electron chi connectivity index (χ2n) is 8.22. The van der Waals surface area contributed by atoms with Gasteiger partial charge in [-0.05, 0) is 51.8 Å². The van der Waals surface area contributed by atoms with Crippen molar-refractivity contribution >= 4 is 39.8 Å². The van der Waals surface area contributed by atoms with Crippen molar-refractivity contribution in [1.29, 1.82) is 0 Å². The summed E-state index contributed by atoms with van der Waals surface area (Å²) in [7, 11) is 0. The van der Waals surface area contributed by atoms with Crippen LogP contribution in [0.25, 0.3) is 0 Å². The second kappa shape index (κ2) is 10.9. The highest BCUT2D eigenvalue weighted by molar-refractivity contribution is 7.19. The van der Waals surface area contributed by atoms with Gasteiger partial charge in [0.15, 0.2) is 0 Å². The number of ether oxygens (including phenoxy) is 2. The summed E-state index contributed by atoms with van der Waals surface area (Å²) in [6, 6.07) is 5.76. The van der Waals surface area contributed by atoms with Gasteiger partial charge in [0.25, 0.3) is 5.91 Å². The van der Waals surface area contributed by atoms with Gasteiger partial charge in [-0.2, -0.15) is 0 Å². The van der Waals surface area contributed by atoms with Crippen molar-refractivity contribution in [2.75, 3.05) is 43.5 Å². The first-order chi connectivity index (χ1) is 15.7. The molecule has 0 radical (unpaired) electrons. The fourth-order valence-electron chi connectivity index (χ4n) is 3.80. The van der Waals surface area contributed by atoms with Gasteiger partial charge in [0.1, 0.15) is 5.00 Å². The number of hydrogen-bond acceptors (Lipinski definition) is 7. The summed E-state index contributed by atoms with van der Waals surface area (Å²) in [5.41, 5.74) is 3.44. The van der Waals surface area contributed by atoms with Gasteiger partial charge in [0, 0.05) is 18.8 Å². The minimum atomic E-state index is -0.563. The molecule has 1 atom stereocenters. The minimum absolute atomic E-state index is 0.0613. The highest BCUT2D eigenvalue weighted by Gasteiger charge is 2.28. The molecule has 2 amide bonds. The molecule has 9 heteroatoms. The number of thiophene rings is 1. The van der Waals surface area contributed by atoms with Crippen LogP contribution >= 0.6 is 11.3 Å². The molecule has 3 rings (SSSR count). The Kier molecular flexibility index (Phi) is 8.23. The maximum absolute atomic E-state index is 13.1. The monoisotopic (exact) mass is 473 g/mol. The molecule has 0 unspecified atom stereocenters. The molecule has 1 aliphatic rings. The number of esters is 1. The number of aryl methyl sites for hydroxylation is 2. The number of nitrogens with zero attached hydrogens (tertiary/aromatic N) is 1. The second-order valence-corrected chi connectivity index (χ2v) is 9.24. The van der Waals surface area contributed by atoms with Crippen molar-refractivity contribution in [1.82, 2.24) is 4.90 Å². The summed E-state index contributed by atoms with van der Waals surface area (Å²) in [5.74, 6) is -1.15. The first kappa shape index (κ1) is 24.9. The van der Waals surface area contributed by atoms with Crippen molar-refractivity contribution in [3.8, 4) is 0 Å². The number of amides is 2. The molecule has 1 aliphatic heterocycles. The van der Waals surface area contributed by atoms with E-state index in [9.17, 15) is 14.4 Å². The molecule has 0 spiro atoms. The topological polar surface area (TPSA) is 97.0 Å². The first-order valence-corrected chi connectivity index (χ1v) is 11.8. The Morgan fingerprint density at radius 1 is 1.21 bits per heavy atom. The van der Waals surface area contributed by atoms with Crippen LogP contribution in [0.3, 0.4) is 0 Å². The van der Waals surface area contributed by atoms with Gasteiger partial charge in [-0.3, -0.25) is 14.5 Å². The Morgan fingerprint density at radius 3 is 2.64 bits per heavy atom. The van der Waals surface area contributed by atoms with E-state index >= 15 is 0 Å². The molecule has 1 fully saturated rings. The van der Waals surface area contributed by atoms with E-state index in [1.807, 2.05) is 43.9 Å². The lowest BCUT2D eigenvalue weighted by atomic mass is 10.1. The van der Waals surface area contributed by atoms with Crippen molar-refractivity contribution in [2.45, 2.75) is 40.7 Å². The Labute approximate surface area is 198 Å². The van der Waals surface area contributed by atoms with Crippen LogP contribution in [-0.4, -0.2) is 61.6 Å². The van der Waals surface area contributed by atoms with E-state index in [4.69, 9.17) is 9.47 Å². The maximum atomic E-state index is 13.1. The predicted molar refractivity (Wildman–Crippen MR) is 129 cm³/mol. The van der Waals surface area contributed by atoms with E-state index in [0.717, 1.165) is 22.5 Å². The van der Waals surface area contributed by atoms with E-state index in [-0.39, 0.29) is 36.6 Å². The number of carbonyl (C=O) groups is 3. The fourth-order valence-corrected chi connectivity index (χ4v) is 4.91. The first-order valence-electron chi connectivity index (χ1n) is 11.0. The molecule has 0 bridgehead atoms. The van der Waals surface area contributed by atoms with Crippen LogP contribution in [-0.2, 0) is 14.3 Å². The molecule has 1 aromatic heterocycles. The van der Waals surface area contributed by atoms with Crippen molar-refractivity contribution in [3.63, 3.8) is 0 Å². The van der Waals surface area contributed by atoms with Crippen molar-refractivity contribution in [3.05, 3.63) is 45.3 Å². The van der Waals surface area contributed by atoms with Crippen LogP contribution < -0.4 is 10.6 Å². The van der Waals surface area contributed by atoms with E-state index in [1.165, 1.54) is 0 Å². The van der Waals surface area contributed by atoms with Crippen LogP contribution in [0.5, 0.6) is 0 Å². The van der Waals surface area contributed by atoms with Gasteiger partial charge in [-0.1, -0.05) is 17.7 Å². The average molecular weight is 474 g/mol. The quantitative estimate of drug-likeness (QED) is 0.595. The Bertz CT molecular complexity index is 1050. The lowest BCUT2D eigenvalue weighted by molar-refractivity contribution is -0.119. The molecule has 0 aliphatic carbocycles. The number of hydrogen-bond donors (Lipinski definition) is 2. The number of anilines is 2. The van der Waals surface area contributed by atoms with E-state index < -0.39 is 5.97 Å². The Morgan fingerprint density at radius 2 is 1.97 bits per heavy atom. The lowest BCUT2D eigenvalue weighted by Crippen LogP contribution is -2.44. The Hall–Kier alpha value is -2.75. The third kappa shape index (κ3) is 6.19. The smallest absolute Gasteiger partial charge is 0.341 e. The van der Waals surface area contributed by atoms with Gasteiger partial charge < -0.3 is 20.1 Å². The van der Waals surface area contributed by atoms with Gasteiger partial charge >= 0.3 is 5.97 Å². The van der Waals surface area contributed by atoms with Crippen LogP contribution in [0.2, 0.25) is 0 Å². The number of benzene rings is 1. The zero-order chi connectivity index (χ0) is 24.1. The fraction of sp³-hybridized carbons (Fsp3) is 0.458. The number of morpholine rings is 1. The van der Waals surface area contributed by atoms with Crippen LogP contribution in [0.4, 0.5) is 10.7 Å². The molecule has 33 heavy (non-hydrogen) atoms. The average Bonchev–Trinajstić information content (AvgIpc) is 3.06. The predicted octanol–water partition coefficient (Wildman–Crippen LogP) is 3.76.